The highest BCUT2D eigenvalue weighted by molar-refractivity contribution is 7.99. The summed E-state index contributed by atoms with van der Waals surface area (Å²) < 4.78 is 0. The second-order valence-corrected chi connectivity index (χ2v) is 4.16. The van der Waals surface area contributed by atoms with Crippen molar-refractivity contribution in [2.24, 2.45) is 0 Å². The summed E-state index contributed by atoms with van der Waals surface area (Å²) in [6, 6.07) is 18.1. The fourth-order valence-corrected chi connectivity index (χ4v) is 2.42. The molecule has 1 aliphatic heterocycles. The van der Waals surface area contributed by atoms with Crippen LogP contribution in [0.3, 0.4) is 0 Å². The molecule has 1 nitrogen and oxygen atoms in total. The van der Waals surface area contributed by atoms with E-state index in [1.165, 1.54) is 9.79 Å². The van der Waals surface area contributed by atoms with E-state index in [0.717, 1.165) is 11.4 Å². The molecule has 3 rings (SSSR count). The van der Waals surface area contributed by atoms with E-state index in [0.29, 0.717) is 0 Å². The zero-order chi connectivity index (χ0) is 9.38. The Kier molecular flexibility index (Phi) is 1.74. The number of hydrogen-bond acceptors (Lipinski definition) is 2. The van der Waals surface area contributed by atoms with Crippen LogP contribution in [0.1, 0.15) is 0 Å². The Bertz CT molecular complexity index is 392. The van der Waals surface area contributed by atoms with Gasteiger partial charge in [0.25, 0.3) is 0 Å². The third-order valence-corrected chi connectivity index (χ3v) is 3.27. The van der Waals surface area contributed by atoms with Gasteiger partial charge in [-0.3, -0.25) is 0 Å². The lowest BCUT2D eigenvalue weighted by Crippen LogP contribution is -1.98. The summed E-state index contributed by atoms with van der Waals surface area (Å²) in [5.74, 6) is 0. The molecule has 1 heterocycles. The fraction of sp³-hybridized carbons (Fsp3) is 0. The van der Waals surface area contributed by atoms with E-state index in [-0.39, 0.29) is 0 Å². The summed E-state index contributed by atoms with van der Waals surface area (Å²) in [5, 5.41) is 3.37. The second-order valence-electron chi connectivity index (χ2n) is 3.07. The summed E-state index contributed by atoms with van der Waals surface area (Å²) in [7, 11) is 0. The van der Waals surface area contributed by atoms with Crippen LogP contribution in [0.15, 0.2) is 46.2 Å². The lowest BCUT2D eigenvalue weighted by Gasteiger charge is -2.19. The molecule has 1 aliphatic rings. The molecular formula is C12H7NS. The normalized spacial score (nSPS) is 12.6. The molecule has 2 aromatic carbocycles. The molecule has 14 heavy (non-hydrogen) atoms. The van der Waals surface area contributed by atoms with Gasteiger partial charge in [-0.05, 0) is 36.4 Å². The first-order valence-corrected chi connectivity index (χ1v) is 5.20. The number of fused-ring (bicyclic) bond motifs is 2. The highest BCUT2D eigenvalue weighted by atomic mass is 32.2. The lowest BCUT2D eigenvalue weighted by atomic mass is 10.2. The average molecular weight is 197 g/mol. The van der Waals surface area contributed by atoms with Gasteiger partial charge >= 0.3 is 0 Å². The topological polar surface area (TPSA) is 12.0 Å². The summed E-state index contributed by atoms with van der Waals surface area (Å²) in [6.07, 6.45) is 0. The molecule has 66 valence electrons. The van der Waals surface area contributed by atoms with Crippen molar-refractivity contribution in [3.8, 4) is 0 Å². The van der Waals surface area contributed by atoms with Gasteiger partial charge in [0.05, 0.1) is 11.4 Å². The summed E-state index contributed by atoms with van der Waals surface area (Å²) in [4.78, 5) is 2.47. The van der Waals surface area contributed by atoms with Crippen LogP contribution in [-0.4, -0.2) is 0 Å². The SMILES string of the molecule is [c]1ccc2c(c1)Nc1cc[c]cc1S2. The Morgan fingerprint density at radius 1 is 0.929 bits per heavy atom. The quantitative estimate of drug-likeness (QED) is 0.592. The molecular weight excluding hydrogens is 190 g/mol. The lowest BCUT2D eigenvalue weighted by molar-refractivity contribution is 1.31. The summed E-state index contributed by atoms with van der Waals surface area (Å²) in [5.41, 5.74) is 2.29. The Labute approximate surface area is 87.2 Å². The van der Waals surface area contributed by atoms with Crippen molar-refractivity contribution in [1.82, 2.24) is 0 Å². The van der Waals surface area contributed by atoms with E-state index in [1.807, 2.05) is 30.3 Å². The number of hydrogen-bond donors (Lipinski definition) is 1. The van der Waals surface area contributed by atoms with E-state index in [2.05, 4.69) is 23.5 Å². The predicted molar refractivity (Wildman–Crippen MR) is 58.0 cm³/mol. The van der Waals surface area contributed by atoms with Crippen molar-refractivity contribution < 1.29 is 0 Å². The van der Waals surface area contributed by atoms with Gasteiger partial charge in [-0.25, -0.2) is 0 Å². The first kappa shape index (κ1) is 7.94. The molecule has 0 spiro atoms. The smallest absolute Gasteiger partial charge is 0.0532 e. The van der Waals surface area contributed by atoms with Gasteiger partial charge in [-0.2, -0.15) is 0 Å². The van der Waals surface area contributed by atoms with Gasteiger partial charge in [0, 0.05) is 9.79 Å². The molecule has 0 saturated carbocycles. The molecule has 0 bridgehead atoms. The number of rotatable bonds is 0. The largest absolute Gasteiger partial charge is 0.354 e. The second kappa shape index (κ2) is 3.07. The zero-order valence-electron chi connectivity index (χ0n) is 7.37. The highest BCUT2D eigenvalue weighted by Gasteiger charge is 2.13. The molecule has 0 atom stereocenters. The van der Waals surface area contributed by atoms with E-state index in [9.17, 15) is 0 Å². The van der Waals surface area contributed by atoms with Gasteiger partial charge in [0.15, 0.2) is 0 Å². The third kappa shape index (κ3) is 1.19. The highest BCUT2D eigenvalue weighted by Crippen LogP contribution is 2.43. The van der Waals surface area contributed by atoms with Crippen molar-refractivity contribution >= 4 is 23.1 Å². The Balaban J connectivity index is 2.12. The van der Waals surface area contributed by atoms with Gasteiger partial charge < -0.3 is 5.32 Å². The van der Waals surface area contributed by atoms with E-state index in [1.54, 1.807) is 11.8 Å². The maximum atomic E-state index is 3.37. The van der Waals surface area contributed by atoms with Crippen LogP contribution in [0.25, 0.3) is 0 Å². The molecule has 2 heteroatoms. The predicted octanol–water partition coefficient (Wildman–Crippen LogP) is 3.50. The van der Waals surface area contributed by atoms with E-state index in [4.69, 9.17) is 0 Å². The zero-order valence-corrected chi connectivity index (χ0v) is 8.19. The van der Waals surface area contributed by atoms with Crippen molar-refractivity contribution in [3.63, 3.8) is 0 Å². The number of nitrogens with one attached hydrogen (secondary N) is 1. The van der Waals surface area contributed by atoms with Gasteiger partial charge in [0.2, 0.25) is 0 Å². The van der Waals surface area contributed by atoms with Crippen LogP contribution >= 0.6 is 11.8 Å². The van der Waals surface area contributed by atoms with Gasteiger partial charge in [-0.15, -0.1) is 0 Å². The molecule has 0 unspecified atom stereocenters. The first-order chi connectivity index (χ1) is 6.93. The van der Waals surface area contributed by atoms with Crippen molar-refractivity contribution in [2.45, 2.75) is 9.79 Å². The third-order valence-electron chi connectivity index (χ3n) is 2.14. The monoisotopic (exact) mass is 197 g/mol. The fourth-order valence-electron chi connectivity index (χ4n) is 1.47. The van der Waals surface area contributed by atoms with Gasteiger partial charge in [-0.1, -0.05) is 23.9 Å². The van der Waals surface area contributed by atoms with E-state index < -0.39 is 0 Å². The van der Waals surface area contributed by atoms with E-state index >= 15 is 0 Å². The van der Waals surface area contributed by atoms with Gasteiger partial charge in [0.1, 0.15) is 0 Å². The minimum atomic E-state index is 1.14. The minimum absolute atomic E-state index is 1.14. The van der Waals surface area contributed by atoms with Crippen LogP contribution in [0.5, 0.6) is 0 Å². The maximum Gasteiger partial charge on any atom is 0.0532 e. The Morgan fingerprint density at radius 2 is 1.79 bits per heavy atom. The molecule has 0 aromatic heterocycles. The van der Waals surface area contributed by atoms with Crippen molar-refractivity contribution in [2.75, 3.05) is 5.32 Å². The average Bonchev–Trinajstić information content (AvgIpc) is 2.26. The number of anilines is 2. The standard InChI is InChI=1S/C12H7NS/c1-3-7-11-9(5-1)13-10-6-2-4-8-12(10)14-11/h1,4-8,13H. The summed E-state index contributed by atoms with van der Waals surface area (Å²) in [6.45, 7) is 0. The number of benzene rings is 2. The van der Waals surface area contributed by atoms with Crippen molar-refractivity contribution in [1.29, 1.82) is 0 Å². The summed E-state index contributed by atoms with van der Waals surface area (Å²) >= 11 is 1.77. The molecule has 2 aromatic rings. The molecule has 2 radical (unpaired) electrons. The Hall–Kier alpha value is -1.41. The molecule has 0 fully saturated rings. The van der Waals surface area contributed by atoms with Crippen LogP contribution in [0.4, 0.5) is 11.4 Å². The Morgan fingerprint density at radius 3 is 2.79 bits per heavy atom. The van der Waals surface area contributed by atoms with Crippen LogP contribution in [-0.2, 0) is 0 Å². The first-order valence-electron chi connectivity index (χ1n) is 4.38. The molecule has 0 amide bonds. The van der Waals surface area contributed by atoms with Crippen LogP contribution in [0.2, 0.25) is 0 Å². The van der Waals surface area contributed by atoms with Crippen LogP contribution < -0.4 is 5.32 Å². The maximum absolute atomic E-state index is 3.37. The van der Waals surface area contributed by atoms with Crippen LogP contribution in [0, 0.1) is 12.1 Å². The molecule has 0 aliphatic carbocycles. The molecule has 1 N–H and O–H groups in total. The minimum Gasteiger partial charge on any atom is -0.354 e. The molecule has 0 saturated heterocycles. The van der Waals surface area contributed by atoms with Crippen molar-refractivity contribution in [3.05, 3.63) is 48.5 Å².